The summed E-state index contributed by atoms with van der Waals surface area (Å²) in [5.41, 5.74) is 1.64. The van der Waals surface area contributed by atoms with Gasteiger partial charge in [-0.1, -0.05) is 36.4 Å². The third-order valence-electron chi connectivity index (χ3n) is 3.65. The van der Waals surface area contributed by atoms with Gasteiger partial charge in [-0.3, -0.25) is 0 Å². The van der Waals surface area contributed by atoms with E-state index in [1.54, 1.807) is 19.1 Å². The Kier molecular flexibility index (Phi) is 4.87. The number of sulfonamides is 1. The molecule has 1 atom stereocenters. The highest BCUT2D eigenvalue weighted by molar-refractivity contribution is 7.92. The molecule has 1 heterocycles. The summed E-state index contributed by atoms with van der Waals surface area (Å²) in [6.07, 6.45) is 1.57. The largest absolute Gasteiger partial charge is 0.486 e. The molecule has 126 valence electrons. The minimum atomic E-state index is -3.55. The third-order valence-corrected chi connectivity index (χ3v) is 4.82. The fourth-order valence-corrected chi connectivity index (χ4v) is 3.46. The van der Waals surface area contributed by atoms with Crippen LogP contribution in [-0.4, -0.2) is 21.6 Å². The fourth-order valence-electron chi connectivity index (χ4n) is 2.42. The van der Waals surface area contributed by atoms with E-state index in [2.05, 4.69) is 4.72 Å². The average molecular weight is 345 g/mol. The second-order valence-electron chi connectivity index (χ2n) is 5.50. The van der Waals surface area contributed by atoms with Crippen molar-refractivity contribution in [2.75, 3.05) is 13.2 Å². The van der Waals surface area contributed by atoms with Crippen LogP contribution in [0.1, 0.15) is 24.1 Å². The lowest BCUT2D eigenvalue weighted by Gasteiger charge is -2.20. The molecule has 1 aliphatic heterocycles. The van der Waals surface area contributed by atoms with Crippen LogP contribution in [-0.2, 0) is 10.0 Å². The van der Waals surface area contributed by atoms with Crippen LogP contribution in [0.25, 0.3) is 6.08 Å². The number of ether oxygens (including phenoxy) is 2. The van der Waals surface area contributed by atoms with Crippen LogP contribution in [0.3, 0.4) is 0 Å². The number of benzene rings is 2. The average Bonchev–Trinajstić information content (AvgIpc) is 2.60. The minimum Gasteiger partial charge on any atom is -0.486 e. The first-order valence-electron chi connectivity index (χ1n) is 7.68. The van der Waals surface area contributed by atoms with Crippen LogP contribution in [0.4, 0.5) is 0 Å². The molecule has 0 saturated heterocycles. The molecule has 0 spiro atoms. The zero-order chi connectivity index (χ0) is 17.0. The lowest BCUT2D eigenvalue weighted by atomic mass is 10.1. The zero-order valence-corrected chi connectivity index (χ0v) is 14.1. The molecule has 1 unspecified atom stereocenters. The van der Waals surface area contributed by atoms with E-state index in [1.807, 2.05) is 42.5 Å². The van der Waals surface area contributed by atoms with Crippen molar-refractivity contribution in [1.82, 2.24) is 4.72 Å². The highest BCUT2D eigenvalue weighted by Crippen LogP contribution is 2.32. The zero-order valence-electron chi connectivity index (χ0n) is 13.3. The van der Waals surface area contributed by atoms with Gasteiger partial charge in [0.2, 0.25) is 10.0 Å². The van der Waals surface area contributed by atoms with E-state index >= 15 is 0 Å². The molecular weight excluding hydrogens is 326 g/mol. The van der Waals surface area contributed by atoms with E-state index in [0.717, 1.165) is 11.1 Å². The summed E-state index contributed by atoms with van der Waals surface area (Å²) in [4.78, 5) is 0. The van der Waals surface area contributed by atoms with Gasteiger partial charge in [0.15, 0.2) is 11.5 Å². The normalized spacial score (nSPS) is 15.4. The van der Waals surface area contributed by atoms with Crippen molar-refractivity contribution in [3.63, 3.8) is 0 Å². The van der Waals surface area contributed by atoms with E-state index in [-0.39, 0.29) is 6.04 Å². The first kappa shape index (κ1) is 16.5. The lowest BCUT2D eigenvalue weighted by Crippen LogP contribution is -2.25. The van der Waals surface area contributed by atoms with Gasteiger partial charge in [-0.05, 0) is 36.3 Å². The number of fused-ring (bicyclic) bond motifs is 1. The van der Waals surface area contributed by atoms with E-state index in [4.69, 9.17) is 9.47 Å². The number of hydrogen-bond acceptors (Lipinski definition) is 4. The molecule has 0 bridgehead atoms. The van der Waals surface area contributed by atoms with E-state index in [1.165, 1.54) is 5.41 Å². The van der Waals surface area contributed by atoms with Crippen molar-refractivity contribution in [3.8, 4) is 11.5 Å². The Bertz CT molecular complexity index is 831. The Labute approximate surface area is 142 Å². The van der Waals surface area contributed by atoms with Crippen LogP contribution in [0.5, 0.6) is 11.5 Å². The molecule has 0 radical (unpaired) electrons. The van der Waals surface area contributed by atoms with Crippen molar-refractivity contribution >= 4 is 16.1 Å². The summed E-state index contributed by atoms with van der Waals surface area (Å²) < 4.78 is 38.1. The maximum Gasteiger partial charge on any atom is 0.234 e. The van der Waals surface area contributed by atoms with Gasteiger partial charge in [0, 0.05) is 11.4 Å². The van der Waals surface area contributed by atoms with Crippen LogP contribution < -0.4 is 14.2 Å². The van der Waals surface area contributed by atoms with E-state index in [9.17, 15) is 8.42 Å². The molecule has 0 saturated carbocycles. The molecule has 0 fully saturated rings. The Hall–Kier alpha value is -2.31. The second kappa shape index (κ2) is 7.07. The number of hydrogen-bond donors (Lipinski definition) is 1. The van der Waals surface area contributed by atoms with Gasteiger partial charge >= 0.3 is 0 Å². The molecule has 3 rings (SSSR count). The van der Waals surface area contributed by atoms with Gasteiger partial charge in [-0.15, -0.1) is 0 Å². The topological polar surface area (TPSA) is 64.6 Å². The number of rotatable bonds is 5. The lowest BCUT2D eigenvalue weighted by molar-refractivity contribution is 0.171. The summed E-state index contributed by atoms with van der Waals surface area (Å²) in [5, 5.41) is 1.18. The monoisotopic (exact) mass is 345 g/mol. The molecule has 0 aliphatic carbocycles. The molecule has 1 N–H and O–H groups in total. The minimum absolute atomic E-state index is 0.383. The maximum absolute atomic E-state index is 12.2. The molecule has 0 amide bonds. The van der Waals surface area contributed by atoms with Crippen LogP contribution in [0, 0.1) is 0 Å². The predicted molar refractivity (Wildman–Crippen MR) is 93.4 cm³/mol. The SMILES string of the molecule is CC(NS(=O)(=O)/C=C/c1ccccc1)c1ccc2c(c1)OCCO2. The van der Waals surface area contributed by atoms with Gasteiger partial charge in [-0.25, -0.2) is 13.1 Å². The van der Waals surface area contributed by atoms with Gasteiger partial charge < -0.3 is 9.47 Å². The highest BCUT2D eigenvalue weighted by atomic mass is 32.2. The molecule has 0 aromatic heterocycles. The van der Waals surface area contributed by atoms with Gasteiger partial charge in [0.1, 0.15) is 13.2 Å². The van der Waals surface area contributed by atoms with E-state index < -0.39 is 10.0 Å². The summed E-state index contributed by atoms with van der Waals surface area (Å²) >= 11 is 0. The smallest absolute Gasteiger partial charge is 0.234 e. The molecule has 2 aromatic carbocycles. The van der Waals surface area contributed by atoms with Crippen molar-refractivity contribution in [2.45, 2.75) is 13.0 Å². The fraction of sp³-hybridized carbons (Fsp3) is 0.222. The Morgan fingerprint density at radius 3 is 2.50 bits per heavy atom. The summed E-state index contributed by atoms with van der Waals surface area (Å²) in [6.45, 7) is 2.81. The van der Waals surface area contributed by atoms with Crippen molar-refractivity contribution < 1.29 is 17.9 Å². The summed E-state index contributed by atoms with van der Waals surface area (Å²) in [6, 6.07) is 14.3. The standard InChI is InChI=1S/C18H19NO4S/c1-14(16-7-8-17-18(13-16)23-11-10-22-17)19-24(20,21)12-9-15-5-3-2-4-6-15/h2-9,12-14,19H,10-11H2,1H3/b12-9+. The van der Waals surface area contributed by atoms with Crippen LogP contribution in [0.2, 0.25) is 0 Å². The van der Waals surface area contributed by atoms with Gasteiger partial charge in [0.05, 0.1) is 0 Å². The van der Waals surface area contributed by atoms with Gasteiger partial charge in [0.25, 0.3) is 0 Å². The summed E-state index contributed by atoms with van der Waals surface area (Å²) in [5.74, 6) is 1.33. The van der Waals surface area contributed by atoms with Crippen molar-refractivity contribution in [1.29, 1.82) is 0 Å². The summed E-state index contributed by atoms with van der Waals surface area (Å²) in [7, 11) is -3.55. The highest BCUT2D eigenvalue weighted by Gasteiger charge is 2.17. The Balaban J connectivity index is 1.71. The maximum atomic E-state index is 12.2. The Morgan fingerprint density at radius 2 is 1.75 bits per heavy atom. The van der Waals surface area contributed by atoms with Crippen LogP contribution in [0.15, 0.2) is 53.9 Å². The predicted octanol–water partition coefficient (Wildman–Crippen LogP) is 3.11. The first-order valence-corrected chi connectivity index (χ1v) is 9.23. The Morgan fingerprint density at radius 1 is 1.04 bits per heavy atom. The molecule has 5 nitrogen and oxygen atoms in total. The third kappa shape index (κ3) is 4.15. The van der Waals surface area contributed by atoms with Crippen molar-refractivity contribution in [3.05, 3.63) is 65.1 Å². The molecular formula is C18H19NO4S. The number of nitrogens with one attached hydrogen (secondary N) is 1. The molecule has 6 heteroatoms. The molecule has 1 aliphatic rings. The van der Waals surface area contributed by atoms with Crippen molar-refractivity contribution in [2.24, 2.45) is 0 Å². The molecule has 24 heavy (non-hydrogen) atoms. The second-order valence-corrected chi connectivity index (χ2v) is 7.10. The van der Waals surface area contributed by atoms with Crippen LogP contribution >= 0.6 is 0 Å². The molecule has 2 aromatic rings. The first-order chi connectivity index (χ1) is 11.5. The van der Waals surface area contributed by atoms with Gasteiger partial charge in [-0.2, -0.15) is 0 Å². The quantitative estimate of drug-likeness (QED) is 0.904. The van der Waals surface area contributed by atoms with E-state index in [0.29, 0.717) is 24.7 Å².